The molecule has 3 aliphatic rings. The third kappa shape index (κ3) is 2.94. The summed E-state index contributed by atoms with van der Waals surface area (Å²) in [6.45, 7) is 3.87. The number of fused-ring (bicyclic) bond motifs is 5. The normalized spacial score (nSPS) is 27.7. The summed E-state index contributed by atoms with van der Waals surface area (Å²) in [6.07, 6.45) is 1.72. The van der Waals surface area contributed by atoms with Crippen LogP contribution in [-0.4, -0.2) is 23.1 Å². The lowest BCUT2D eigenvalue weighted by atomic mass is 9.80. The average Bonchev–Trinajstić information content (AvgIpc) is 3.33. The molecule has 0 unspecified atom stereocenters. The van der Waals surface area contributed by atoms with Crippen molar-refractivity contribution >= 4 is 38.9 Å². The van der Waals surface area contributed by atoms with Crippen molar-refractivity contribution in [2.45, 2.75) is 38.9 Å². The van der Waals surface area contributed by atoms with Gasteiger partial charge < -0.3 is 14.6 Å². The third-order valence-corrected chi connectivity index (χ3v) is 7.06. The summed E-state index contributed by atoms with van der Waals surface area (Å²) >= 11 is 9.65. The molecule has 2 fully saturated rings. The molecule has 0 amide bonds. The number of carbonyl (C=O) groups excluding carboxylic acids is 1. The standard InChI is InChI=1S/C23H20BrClO4/c1-10-7-13(28-15-4-3-12(24)9-14(15)25)8-11(2)18(10)21-22(26)19-16-5-6-17(29-16)20(19)23(21)27/h3-4,7-9,16-17,19-20,26H,5-6H2,1-2H3/t16-,17+,19-,20+/m1/s1. The maximum atomic E-state index is 13.2. The van der Waals surface area contributed by atoms with Crippen LogP contribution in [0.25, 0.3) is 5.57 Å². The Morgan fingerprint density at radius 3 is 2.38 bits per heavy atom. The monoisotopic (exact) mass is 474 g/mol. The van der Waals surface area contributed by atoms with E-state index in [1.54, 1.807) is 12.1 Å². The molecule has 2 saturated heterocycles. The Bertz CT molecular complexity index is 1050. The van der Waals surface area contributed by atoms with Gasteiger partial charge in [0, 0.05) is 4.47 Å². The van der Waals surface area contributed by atoms with E-state index in [4.69, 9.17) is 21.1 Å². The molecule has 2 aromatic carbocycles. The van der Waals surface area contributed by atoms with Gasteiger partial charge in [0.05, 0.1) is 34.6 Å². The molecule has 2 aliphatic heterocycles. The van der Waals surface area contributed by atoms with Gasteiger partial charge in [-0.15, -0.1) is 0 Å². The first-order valence-electron chi connectivity index (χ1n) is 9.72. The second-order valence-electron chi connectivity index (χ2n) is 8.08. The molecule has 29 heavy (non-hydrogen) atoms. The van der Waals surface area contributed by atoms with Gasteiger partial charge in [0.25, 0.3) is 0 Å². The van der Waals surface area contributed by atoms with E-state index in [2.05, 4.69) is 15.9 Å². The lowest BCUT2D eigenvalue weighted by molar-refractivity contribution is -0.118. The first kappa shape index (κ1) is 19.2. The topological polar surface area (TPSA) is 55.8 Å². The van der Waals surface area contributed by atoms with Crippen molar-refractivity contribution in [1.29, 1.82) is 0 Å². The number of aliphatic hydroxyl groups excluding tert-OH is 1. The van der Waals surface area contributed by atoms with Crippen LogP contribution in [0.4, 0.5) is 0 Å². The van der Waals surface area contributed by atoms with Crippen molar-refractivity contribution in [3.8, 4) is 11.5 Å². The minimum absolute atomic E-state index is 0.00974. The summed E-state index contributed by atoms with van der Waals surface area (Å²) in [5.41, 5.74) is 3.03. The maximum Gasteiger partial charge on any atom is 0.173 e. The molecule has 0 saturated carbocycles. The first-order chi connectivity index (χ1) is 13.8. The number of hydrogen-bond donors (Lipinski definition) is 1. The number of rotatable bonds is 3. The fourth-order valence-corrected chi connectivity index (χ4v) is 5.84. The Morgan fingerprint density at radius 2 is 1.76 bits per heavy atom. The highest BCUT2D eigenvalue weighted by Gasteiger charge is 2.59. The molecule has 6 heteroatoms. The highest BCUT2D eigenvalue weighted by molar-refractivity contribution is 9.10. The predicted molar refractivity (Wildman–Crippen MR) is 115 cm³/mol. The zero-order valence-electron chi connectivity index (χ0n) is 16.0. The van der Waals surface area contributed by atoms with Crippen LogP contribution in [0.3, 0.4) is 0 Å². The highest BCUT2D eigenvalue weighted by Crippen LogP contribution is 2.54. The summed E-state index contributed by atoms with van der Waals surface area (Å²) < 4.78 is 12.7. The van der Waals surface area contributed by atoms with Gasteiger partial charge in [-0.25, -0.2) is 0 Å². The summed E-state index contributed by atoms with van der Waals surface area (Å²) in [4.78, 5) is 13.2. The van der Waals surface area contributed by atoms with Crippen molar-refractivity contribution in [1.82, 2.24) is 0 Å². The summed E-state index contributed by atoms with van der Waals surface area (Å²) in [7, 11) is 0. The Morgan fingerprint density at radius 1 is 1.10 bits per heavy atom. The van der Waals surface area contributed by atoms with Gasteiger partial charge in [0.15, 0.2) is 5.78 Å². The molecule has 2 heterocycles. The third-order valence-electron chi connectivity index (χ3n) is 6.27. The molecule has 0 radical (unpaired) electrons. The van der Waals surface area contributed by atoms with Crippen molar-refractivity contribution in [2.75, 3.05) is 0 Å². The van der Waals surface area contributed by atoms with E-state index in [9.17, 15) is 9.90 Å². The van der Waals surface area contributed by atoms with Crippen LogP contribution >= 0.6 is 27.5 Å². The molecule has 1 N–H and O–H groups in total. The number of Topliss-reactive ketones (excluding diaryl/α,β-unsaturated/α-hetero) is 1. The fraction of sp³-hybridized carbons (Fsp3) is 0.348. The maximum absolute atomic E-state index is 13.2. The number of benzene rings is 2. The number of aliphatic hydroxyl groups is 1. The van der Waals surface area contributed by atoms with Crippen molar-refractivity contribution < 1.29 is 19.4 Å². The molecule has 2 aromatic rings. The number of halogens is 2. The van der Waals surface area contributed by atoms with E-state index >= 15 is 0 Å². The van der Waals surface area contributed by atoms with Crippen molar-refractivity contribution in [2.24, 2.45) is 11.8 Å². The Labute approximate surface area is 182 Å². The largest absolute Gasteiger partial charge is 0.511 e. The Balaban J connectivity index is 1.51. The van der Waals surface area contributed by atoms with Crippen LogP contribution < -0.4 is 4.74 Å². The average molecular weight is 476 g/mol. The lowest BCUT2D eigenvalue weighted by Crippen LogP contribution is -2.29. The number of ether oxygens (including phenoxy) is 2. The van der Waals surface area contributed by atoms with E-state index < -0.39 is 0 Å². The Kier molecular flexibility index (Phi) is 4.53. The van der Waals surface area contributed by atoms with Crippen LogP contribution in [0.1, 0.15) is 29.5 Å². The molecule has 0 aromatic heterocycles. The minimum Gasteiger partial charge on any atom is -0.511 e. The second kappa shape index (κ2) is 6.86. The lowest BCUT2D eigenvalue weighted by Gasteiger charge is -2.19. The number of ketones is 1. The molecule has 0 spiro atoms. The molecular weight excluding hydrogens is 456 g/mol. The highest BCUT2D eigenvalue weighted by atomic mass is 79.9. The van der Waals surface area contributed by atoms with Gasteiger partial charge in [-0.3, -0.25) is 4.79 Å². The zero-order chi connectivity index (χ0) is 20.4. The van der Waals surface area contributed by atoms with Gasteiger partial charge in [-0.05, 0) is 73.7 Å². The van der Waals surface area contributed by atoms with Crippen LogP contribution in [0.2, 0.25) is 5.02 Å². The van der Waals surface area contributed by atoms with Crippen molar-refractivity contribution in [3.05, 3.63) is 62.3 Å². The van der Waals surface area contributed by atoms with Gasteiger partial charge in [0.1, 0.15) is 17.3 Å². The molecule has 1 aliphatic carbocycles. The van der Waals surface area contributed by atoms with E-state index in [1.807, 2.05) is 32.0 Å². The van der Waals surface area contributed by atoms with Gasteiger partial charge in [0.2, 0.25) is 0 Å². The van der Waals surface area contributed by atoms with Gasteiger partial charge in [-0.1, -0.05) is 27.5 Å². The first-order valence-corrected chi connectivity index (χ1v) is 10.9. The molecule has 2 bridgehead atoms. The number of aryl methyl sites for hydroxylation is 2. The number of carbonyl (C=O) groups is 1. The summed E-state index contributed by atoms with van der Waals surface area (Å²) in [6, 6.07) is 9.21. The number of hydrogen-bond acceptors (Lipinski definition) is 4. The summed E-state index contributed by atoms with van der Waals surface area (Å²) in [5, 5.41) is 11.5. The molecule has 5 rings (SSSR count). The quantitative estimate of drug-likeness (QED) is 0.578. The zero-order valence-corrected chi connectivity index (χ0v) is 18.4. The van der Waals surface area contributed by atoms with Crippen LogP contribution in [0.5, 0.6) is 11.5 Å². The number of allylic oxidation sites excluding steroid dienone is 1. The smallest absolute Gasteiger partial charge is 0.173 e. The van der Waals surface area contributed by atoms with Gasteiger partial charge >= 0.3 is 0 Å². The van der Waals surface area contributed by atoms with E-state index in [-0.39, 0.29) is 35.6 Å². The molecule has 4 atom stereocenters. The molecular formula is C23H20BrClO4. The van der Waals surface area contributed by atoms with Crippen LogP contribution in [0.15, 0.2) is 40.6 Å². The van der Waals surface area contributed by atoms with Crippen LogP contribution in [0, 0.1) is 25.7 Å². The summed E-state index contributed by atoms with van der Waals surface area (Å²) in [5.74, 6) is 0.983. The molecule has 4 nitrogen and oxygen atoms in total. The predicted octanol–water partition coefficient (Wildman–Crippen LogP) is 6.16. The van der Waals surface area contributed by atoms with E-state index in [1.165, 1.54) is 0 Å². The SMILES string of the molecule is Cc1cc(Oc2ccc(Br)cc2Cl)cc(C)c1C1=C(O)[C@H]2[C@@H](C1=O)[C@@H]1CC[C@H]2O1. The van der Waals surface area contributed by atoms with Crippen LogP contribution in [-0.2, 0) is 9.53 Å². The van der Waals surface area contributed by atoms with E-state index in [0.29, 0.717) is 22.1 Å². The minimum atomic E-state index is -0.236. The fourth-order valence-electron chi connectivity index (χ4n) is 5.13. The van der Waals surface area contributed by atoms with Gasteiger partial charge in [-0.2, -0.15) is 0 Å². The van der Waals surface area contributed by atoms with E-state index in [0.717, 1.165) is 34.0 Å². The second-order valence-corrected chi connectivity index (χ2v) is 9.40. The molecule has 150 valence electrons. The Hall–Kier alpha value is -1.82. The van der Waals surface area contributed by atoms with Crippen molar-refractivity contribution in [3.63, 3.8) is 0 Å².